The minimum Gasteiger partial charge on any atom is -0.302 e. The second-order valence-electron chi connectivity index (χ2n) is 4.13. The van der Waals surface area contributed by atoms with Crippen LogP contribution >= 0.6 is 0 Å². The van der Waals surface area contributed by atoms with Gasteiger partial charge < -0.3 is 5.10 Å². The first-order chi connectivity index (χ1) is 5.84. The van der Waals surface area contributed by atoms with Crippen molar-refractivity contribution < 1.29 is 4.79 Å². The molecular weight excluding hydrogens is 168 g/mol. The molecule has 1 aromatic rings. The van der Waals surface area contributed by atoms with Crippen LogP contribution in [0.2, 0.25) is 0 Å². The second kappa shape index (κ2) is 2.87. The number of aryl methyl sites for hydroxylation is 1. The third kappa shape index (κ3) is 1.71. The fourth-order valence-corrected chi connectivity index (χ4v) is 1.03. The summed E-state index contributed by atoms with van der Waals surface area (Å²) in [5.41, 5.74) is -0.538. The van der Waals surface area contributed by atoms with Gasteiger partial charge in [0.1, 0.15) is 5.56 Å². The van der Waals surface area contributed by atoms with Gasteiger partial charge in [0.15, 0.2) is 5.78 Å². The van der Waals surface area contributed by atoms with Crippen molar-refractivity contribution in [2.45, 2.75) is 20.8 Å². The summed E-state index contributed by atoms with van der Waals surface area (Å²) in [5, 5.41) is 2.67. The van der Waals surface area contributed by atoms with Gasteiger partial charge in [0.05, 0.1) is 0 Å². The molecule has 1 rings (SSSR count). The zero-order valence-corrected chi connectivity index (χ0v) is 8.34. The van der Waals surface area contributed by atoms with Crippen molar-refractivity contribution in [3.05, 3.63) is 22.1 Å². The molecule has 0 bridgehead atoms. The molecular formula is C9H14N2O2. The maximum absolute atomic E-state index is 11.7. The number of carbonyl (C=O) groups is 1. The fraction of sp³-hybridized carbons (Fsp3) is 0.556. The molecule has 0 aromatic carbocycles. The van der Waals surface area contributed by atoms with E-state index in [1.807, 2.05) is 0 Å². The van der Waals surface area contributed by atoms with E-state index >= 15 is 0 Å². The second-order valence-corrected chi connectivity index (χ2v) is 4.13. The molecule has 1 aromatic heterocycles. The topological polar surface area (TPSA) is 54.9 Å². The quantitative estimate of drug-likeness (QED) is 0.657. The summed E-state index contributed by atoms with van der Waals surface area (Å²) in [6.07, 6.45) is 1.45. The van der Waals surface area contributed by atoms with Crippen LogP contribution in [-0.2, 0) is 7.05 Å². The number of hydrogen-bond donors (Lipinski definition) is 1. The molecule has 0 saturated heterocycles. The third-order valence-corrected chi connectivity index (χ3v) is 1.86. The van der Waals surface area contributed by atoms with E-state index in [4.69, 9.17) is 0 Å². The van der Waals surface area contributed by atoms with Crippen LogP contribution in [0.15, 0.2) is 11.0 Å². The molecule has 1 heterocycles. The lowest BCUT2D eigenvalue weighted by Gasteiger charge is -2.13. The van der Waals surface area contributed by atoms with Crippen LogP contribution in [0.25, 0.3) is 0 Å². The number of hydrogen-bond acceptors (Lipinski definition) is 2. The monoisotopic (exact) mass is 182 g/mol. The minimum atomic E-state index is -0.506. The number of nitrogens with one attached hydrogen (secondary N) is 1. The van der Waals surface area contributed by atoms with Gasteiger partial charge in [-0.1, -0.05) is 20.8 Å². The van der Waals surface area contributed by atoms with Crippen LogP contribution in [0.5, 0.6) is 0 Å². The van der Waals surface area contributed by atoms with Crippen molar-refractivity contribution in [1.82, 2.24) is 9.78 Å². The Bertz CT molecular complexity index is 379. The molecule has 1 N–H and O–H groups in total. The van der Waals surface area contributed by atoms with Crippen LogP contribution in [0.3, 0.4) is 0 Å². The summed E-state index contributed by atoms with van der Waals surface area (Å²) in [6, 6.07) is 0. The molecule has 0 aliphatic rings. The highest BCUT2D eigenvalue weighted by atomic mass is 16.2. The summed E-state index contributed by atoms with van der Waals surface area (Å²) >= 11 is 0. The average Bonchev–Trinajstić information content (AvgIpc) is 2.30. The van der Waals surface area contributed by atoms with E-state index in [9.17, 15) is 9.59 Å². The number of aromatic nitrogens is 2. The van der Waals surface area contributed by atoms with Gasteiger partial charge in [-0.3, -0.25) is 14.3 Å². The molecule has 13 heavy (non-hydrogen) atoms. The summed E-state index contributed by atoms with van der Waals surface area (Å²) in [4.78, 5) is 23.0. The van der Waals surface area contributed by atoms with E-state index in [1.54, 1.807) is 27.8 Å². The van der Waals surface area contributed by atoms with Crippen molar-refractivity contribution in [3.63, 3.8) is 0 Å². The van der Waals surface area contributed by atoms with Crippen LogP contribution in [0.1, 0.15) is 31.1 Å². The molecule has 0 saturated carbocycles. The van der Waals surface area contributed by atoms with Gasteiger partial charge in [0.25, 0.3) is 5.56 Å². The normalized spacial score (nSPS) is 11.7. The van der Waals surface area contributed by atoms with Gasteiger partial charge >= 0.3 is 0 Å². The molecule has 4 heteroatoms. The van der Waals surface area contributed by atoms with E-state index in [1.165, 1.54) is 10.9 Å². The highest BCUT2D eigenvalue weighted by Gasteiger charge is 2.26. The van der Waals surface area contributed by atoms with Crippen molar-refractivity contribution in [1.29, 1.82) is 0 Å². The van der Waals surface area contributed by atoms with E-state index in [-0.39, 0.29) is 16.9 Å². The van der Waals surface area contributed by atoms with Gasteiger partial charge in [0.2, 0.25) is 0 Å². The predicted octanol–water partition coefficient (Wildman–Crippen LogP) is 0.942. The molecule has 4 nitrogen and oxygen atoms in total. The standard InChI is InChI=1S/C9H14N2O2/c1-9(2,3)7(12)6-5-10-11(4)8(6)13/h5,10H,1-4H3. The Labute approximate surface area is 76.6 Å². The zero-order valence-electron chi connectivity index (χ0n) is 8.34. The smallest absolute Gasteiger partial charge is 0.277 e. The minimum absolute atomic E-state index is 0.130. The third-order valence-electron chi connectivity index (χ3n) is 1.86. The molecule has 0 aliphatic heterocycles. The van der Waals surface area contributed by atoms with Crippen molar-refractivity contribution in [2.75, 3.05) is 0 Å². The molecule has 72 valence electrons. The lowest BCUT2D eigenvalue weighted by Crippen LogP contribution is -2.27. The highest BCUT2D eigenvalue weighted by molar-refractivity contribution is 5.99. The Balaban J connectivity index is 3.18. The number of nitrogens with zero attached hydrogens (tertiary/aromatic N) is 1. The maximum Gasteiger partial charge on any atom is 0.277 e. The number of aromatic amines is 1. The number of ketones is 1. The van der Waals surface area contributed by atoms with Crippen molar-refractivity contribution >= 4 is 5.78 Å². The lowest BCUT2D eigenvalue weighted by atomic mass is 9.88. The largest absolute Gasteiger partial charge is 0.302 e. The van der Waals surface area contributed by atoms with Crippen LogP contribution in [0.4, 0.5) is 0 Å². The Kier molecular flexibility index (Phi) is 2.15. The fourth-order valence-electron chi connectivity index (χ4n) is 1.03. The molecule has 0 amide bonds. The number of carbonyl (C=O) groups excluding carboxylic acids is 1. The first kappa shape index (κ1) is 9.77. The maximum atomic E-state index is 11.7. The number of H-pyrrole nitrogens is 1. The van der Waals surface area contributed by atoms with Gasteiger partial charge in [-0.2, -0.15) is 0 Å². The Morgan fingerprint density at radius 1 is 1.46 bits per heavy atom. The van der Waals surface area contributed by atoms with Gasteiger partial charge in [0, 0.05) is 18.7 Å². The predicted molar refractivity (Wildman–Crippen MR) is 49.8 cm³/mol. The van der Waals surface area contributed by atoms with Gasteiger partial charge in [-0.25, -0.2) is 0 Å². The summed E-state index contributed by atoms with van der Waals surface area (Å²) in [7, 11) is 1.59. The summed E-state index contributed by atoms with van der Waals surface area (Å²) in [6.45, 7) is 5.38. The summed E-state index contributed by atoms with van der Waals surface area (Å²) < 4.78 is 1.29. The SMILES string of the molecule is Cn1[nH]cc(C(=O)C(C)(C)C)c1=O. The lowest BCUT2D eigenvalue weighted by molar-refractivity contribution is 0.0857. The number of rotatable bonds is 1. The van der Waals surface area contributed by atoms with Gasteiger partial charge in [-0.05, 0) is 0 Å². The van der Waals surface area contributed by atoms with E-state index in [2.05, 4.69) is 5.10 Å². The van der Waals surface area contributed by atoms with E-state index in [0.29, 0.717) is 0 Å². The average molecular weight is 182 g/mol. The zero-order chi connectivity index (χ0) is 10.2. The van der Waals surface area contributed by atoms with Crippen molar-refractivity contribution in [2.24, 2.45) is 12.5 Å². The first-order valence-electron chi connectivity index (χ1n) is 4.13. The van der Waals surface area contributed by atoms with E-state index < -0.39 is 5.41 Å². The van der Waals surface area contributed by atoms with Crippen LogP contribution in [0, 0.1) is 5.41 Å². The van der Waals surface area contributed by atoms with Crippen molar-refractivity contribution in [3.8, 4) is 0 Å². The Morgan fingerprint density at radius 3 is 2.31 bits per heavy atom. The molecule has 0 unspecified atom stereocenters. The van der Waals surface area contributed by atoms with Gasteiger partial charge in [-0.15, -0.1) is 0 Å². The highest BCUT2D eigenvalue weighted by Crippen LogP contribution is 2.18. The van der Waals surface area contributed by atoms with E-state index in [0.717, 1.165) is 0 Å². The number of Topliss-reactive ketones (excluding diaryl/α,β-unsaturated/α-hetero) is 1. The Hall–Kier alpha value is -1.32. The summed E-state index contributed by atoms with van der Waals surface area (Å²) in [5.74, 6) is -0.130. The van der Waals surface area contributed by atoms with Crippen LogP contribution < -0.4 is 5.56 Å². The first-order valence-corrected chi connectivity index (χ1v) is 4.13. The Morgan fingerprint density at radius 2 is 2.00 bits per heavy atom. The molecule has 0 fully saturated rings. The molecule has 0 spiro atoms. The van der Waals surface area contributed by atoms with Crippen LogP contribution in [-0.4, -0.2) is 15.6 Å². The molecule has 0 aliphatic carbocycles. The molecule has 0 atom stereocenters. The molecule has 0 radical (unpaired) electrons.